The van der Waals surface area contributed by atoms with E-state index in [1.54, 1.807) is 0 Å². The average molecular weight is 308 g/mol. The van der Waals surface area contributed by atoms with Gasteiger partial charge in [0.1, 0.15) is 5.82 Å². The lowest BCUT2D eigenvalue weighted by Gasteiger charge is -2.23. The second-order valence-corrected chi connectivity index (χ2v) is 7.40. The second kappa shape index (κ2) is 6.38. The van der Waals surface area contributed by atoms with Crippen LogP contribution in [0.15, 0.2) is 6.07 Å². The molecule has 2 rings (SSSR count). The second-order valence-electron chi connectivity index (χ2n) is 7.40. The number of hydrogen-bond acceptors (Lipinski definition) is 4. The van der Waals surface area contributed by atoms with E-state index >= 15 is 0 Å². The summed E-state index contributed by atoms with van der Waals surface area (Å²) >= 11 is 0. The third-order valence-electron chi connectivity index (χ3n) is 3.81. The van der Waals surface area contributed by atoms with E-state index in [-0.39, 0.29) is 24.1 Å². The van der Waals surface area contributed by atoms with Crippen LogP contribution in [-0.2, 0) is 10.3 Å². The molecular formula is C16H28N4O2. The molecule has 1 aromatic rings. The third kappa shape index (κ3) is 4.55. The SMILES string of the molecule is Cc1cc(NC(=O)CN(C)CC(O)C2CC2)n(C(C)(C)C)n1. The first-order valence-corrected chi connectivity index (χ1v) is 7.90. The van der Waals surface area contributed by atoms with Gasteiger partial charge in [-0.25, -0.2) is 4.68 Å². The number of nitrogens with zero attached hydrogens (tertiary/aromatic N) is 3. The topological polar surface area (TPSA) is 70.4 Å². The third-order valence-corrected chi connectivity index (χ3v) is 3.81. The highest BCUT2D eigenvalue weighted by atomic mass is 16.3. The molecule has 0 spiro atoms. The summed E-state index contributed by atoms with van der Waals surface area (Å²) in [7, 11) is 1.86. The Bertz CT molecular complexity index is 529. The van der Waals surface area contributed by atoms with Crippen molar-refractivity contribution < 1.29 is 9.90 Å². The van der Waals surface area contributed by atoms with Crippen molar-refractivity contribution in [3.05, 3.63) is 11.8 Å². The molecule has 1 heterocycles. The number of aryl methyl sites for hydroxylation is 1. The van der Waals surface area contributed by atoms with Crippen molar-refractivity contribution >= 4 is 11.7 Å². The number of aliphatic hydroxyl groups is 1. The number of aliphatic hydroxyl groups excluding tert-OH is 1. The van der Waals surface area contributed by atoms with E-state index in [1.807, 2.05) is 50.4 Å². The van der Waals surface area contributed by atoms with Gasteiger partial charge in [-0.15, -0.1) is 0 Å². The molecule has 1 unspecified atom stereocenters. The van der Waals surface area contributed by atoms with Gasteiger partial charge in [-0.05, 0) is 53.5 Å². The zero-order valence-corrected chi connectivity index (χ0v) is 14.3. The lowest BCUT2D eigenvalue weighted by molar-refractivity contribution is -0.117. The van der Waals surface area contributed by atoms with E-state index in [0.717, 1.165) is 18.5 Å². The number of likely N-dealkylation sites (N-methyl/N-ethyl adjacent to an activating group) is 1. The number of aromatic nitrogens is 2. The van der Waals surface area contributed by atoms with Crippen LogP contribution >= 0.6 is 0 Å². The Morgan fingerprint density at radius 1 is 1.55 bits per heavy atom. The van der Waals surface area contributed by atoms with Crippen LogP contribution in [-0.4, -0.2) is 51.9 Å². The first kappa shape index (κ1) is 17.0. The molecule has 0 bridgehead atoms. The van der Waals surface area contributed by atoms with Crippen LogP contribution in [0.1, 0.15) is 39.3 Å². The number of anilines is 1. The van der Waals surface area contributed by atoms with Gasteiger partial charge >= 0.3 is 0 Å². The number of amides is 1. The summed E-state index contributed by atoms with van der Waals surface area (Å²) in [5.41, 5.74) is 0.688. The minimum atomic E-state index is -0.319. The molecule has 6 nitrogen and oxygen atoms in total. The van der Waals surface area contributed by atoms with E-state index in [2.05, 4.69) is 10.4 Å². The van der Waals surface area contributed by atoms with Crippen LogP contribution in [0.2, 0.25) is 0 Å². The van der Waals surface area contributed by atoms with Gasteiger partial charge in [0.25, 0.3) is 0 Å². The molecular weight excluding hydrogens is 280 g/mol. The maximum Gasteiger partial charge on any atom is 0.239 e. The molecule has 1 saturated carbocycles. The van der Waals surface area contributed by atoms with Crippen molar-refractivity contribution in [2.45, 2.75) is 52.2 Å². The summed E-state index contributed by atoms with van der Waals surface area (Å²) in [6, 6.07) is 1.88. The molecule has 6 heteroatoms. The summed E-state index contributed by atoms with van der Waals surface area (Å²) < 4.78 is 1.83. The minimum Gasteiger partial charge on any atom is -0.392 e. The van der Waals surface area contributed by atoms with Gasteiger partial charge in [0.15, 0.2) is 0 Å². The van der Waals surface area contributed by atoms with Gasteiger partial charge in [-0.3, -0.25) is 9.69 Å². The van der Waals surface area contributed by atoms with Crippen molar-refractivity contribution in [2.75, 3.05) is 25.5 Å². The van der Waals surface area contributed by atoms with Crippen LogP contribution < -0.4 is 5.32 Å². The van der Waals surface area contributed by atoms with Crippen LogP contribution in [0, 0.1) is 12.8 Å². The van der Waals surface area contributed by atoms with Gasteiger partial charge in [-0.1, -0.05) is 0 Å². The molecule has 1 amide bonds. The van der Waals surface area contributed by atoms with Crippen molar-refractivity contribution in [2.24, 2.45) is 5.92 Å². The summed E-state index contributed by atoms with van der Waals surface area (Å²) in [5.74, 6) is 1.05. The Morgan fingerprint density at radius 3 is 2.73 bits per heavy atom. The lowest BCUT2D eigenvalue weighted by atomic mass is 10.1. The van der Waals surface area contributed by atoms with Gasteiger partial charge in [0, 0.05) is 12.6 Å². The summed E-state index contributed by atoms with van der Waals surface area (Å²) in [6.45, 7) is 8.86. The first-order chi connectivity index (χ1) is 10.2. The van der Waals surface area contributed by atoms with E-state index < -0.39 is 0 Å². The summed E-state index contributed by atoms with van der Waals surface area (Å²) in [5, 5.41) is 17.3. The van der Waals surface area contributed by atoms with Crippen molar-refractivity contribution in [3.63, 3.8) is 0 Å². The van der Waals surface area contributed by atoms with Crippen LogP contribution in [0.25, 0.3) is 0 Å². The molecule has 1 atom stereocenters. The van der Waals surface area contributed by atoms with Crippen LogP contribution in [0.3, 0.4) is 0 Å². The van der Waals surface area contributed by atoms with E-state index in [0.29, 0.717) is 18.3 Å². The average Bonchev–Trinajstić information content (AvgIpc) is 3.12. The smallest absolute Gasteiger partial charge is 0.239 e. The number of carbonyl (C=O) groups excluding carboxylic acids is 1. The standard InChI is InChI=1S/C16H28N4O2/c1-11-8-14(20(18-11)16(2,3)4)17-15(22)10-19(5)9-13(21)12-6-7-12/h8,12-13,21H,6-7,9-10H2,1-5H3,(H,17,22). The number of carbonyl (C=O) groups is 1. The molecule has 0 radical (unpaired) electrons. The maximum absolute atomic E-state index is 12.2. The molecule has 22 heavy (non-hydrogen) atoms. The quantitative estimate of drug-likeness (QED) is 0.837. The molecule has 0 aromatic carbocycles. The number of nitrogens with one attached hydrogen (secondary N) is 1. The fourth-order valence-corrected chi connectivity index (χ4v) is 2.54. The maximum atomic E-state index is 12.2. The largest absolute Gasteiger partial charge is 0.392 e. The molecule has 1 fully saturated rings. The highest BCUT2D eigenvalue weighted by Gasteiger charge is 2.30. The highest BCUT2D eigenvalue weighted by Crippen LogP contribution is 2.32. The summed E-state index contributed by atoms with van der Waals surface area (Å²) in [6.07, 6.45) is 1.89. The van der Waals surface area contributed by atoms with Crippen molar-refractivity contribution in [3.8, 4) is 0 Å². The lowest BCUT2D eigenvalue weighted by Crippen LogP contribution is -2.37. The zero-order chi connectivity index (χ0) is 16.5. The van der Waals surface area contributed by atoms with E-state index in [4.69, 9.17) is 0 Å². The van der Waals surface area contributed by atoms with Crippen LogP contribution in [0.4, 0.5) is 5.82 Å². The number of rotatable bonds is 6. The Balaban J connectivity index is 1.91. The Morgan fingerprint density at radius 2 is 2.18 bits per heavy atom. The normalized spacial score (nSPS) is 16.9. The molecule has 1 aromatic heterocycles. The van der Waals surface area contributed by atoms with E-state index in [1.165, 1.54) is 0 Å². The van der Waals surface area contributed by atoms with Gasteiger partial charge < -0.3 is 10.4 Å². The first-order valence-electron chi connectivity index (χ1n) is 7.90. The van der Waals surface area contributed by atoms with Crippen molar-refractivity contribution in [1.82, 2.24) is 14.7 Å². The molecule has 0 aliphatic heterocycles. The predicted molar refractivity (Wildman–Crippen MR) is 86.8 cm³/mol. The summed E-state index contributed by atoms with van der Waals surface area (Å²) in [4.78, 5) is 14.1. The van der Waals surface area contributed by atoms with Gasteiger partial charge in [0.2, 0.25) is 5.91 Å². The Kier molecular flexibility index (Phi) is 4.92. The Labute approximate surface area is 132 Å². The highest BCUT2D eigenvalue weighted by molar-refractivity contribution is 5.91. The minimum absolute atomic E-state index is 0.0871. The number of hydrogen-bond donors (Lipinski definition) is 2. The Hall–Kier alpha value is -1.40. The van der Waals surface area contributed by atoms with E-state index in [9.17, 15) is 9.90 Å². The molecule has 2 N–H and O–H groups in total. The molecule has 1 aliphatic rings. The zero-order valence-electron chi connectivity index (χ0n) is 14.3. The molecule has 1 aliphatic carbocycles. The predicted octanol–water partition coefficient (Wildman–Crippen LogP) is 1.59. The fraction of sp³-hybridized carbons (Fsp3) is 0.750. The van der Waals surface area contributed by atoms with Gasteiger partial charge in [0.05, 0.1) is 23.9 Å². The van der Waals surface area contributed by atoms with Crippen molar-refractivity contribution in [1.29, 1.82) is 0 Å². The molecule has 124 valence electrons. The fourth-order valence-electron chi connectivity index (χ4n) is 2.54. The monoisotopic (exact) mass is 308 g/mol. The van der Waals surface area contributed by atoms with Crippen LogP contribution in [0.5, 0.6) is 0 Å². The van der Waals surface area contributed by atoms with Gasteiger partial charge in [-0.2, -0.15) is 5.10 Å². The molecule has 0 saturated heterocycles.